The molecule has 0 spiro atoms. The van der Waals surface area contributed by atoms with Gasteiger partial charge in [0.1, 0.15) is 0 Å². The first-order valence-electron chi connectivity index (χ1n) is 10.4. The van der Waals surface area contributed by atoms with Gasteiger partial charge in [-0.25, -0.2) is 0 Å². The van der Waals surface area contributed by atoms with E-state index in [0.29, 0.717) is 6.54 Å². The molecule has 1 aliphatic carbocycles. The number of benzene rings is 1. The summed E-state index contributed by atoms with van der Waals surface area (Å²) in [5.74, 6) is 1.04. The summed E-state index contributed by atoms with van der Waals surface area (Å²) in [6, 6.07) is 6.36. The van der Waals surface area contributed by atoms with Gasteiger partial charge in [-0.1, -0.05) is 13.0 Å². The zero-order chi connectivity index (χ0) is 19.2. The largest absolute Gasteiger partial charge is 0.314 e. The van der Waals surface area contributed by atoms with E-state index in [0.717, 1.165) is 70.0 Å². The fraction of sp³-hybridized carbons (Fsp3) is 0.636. The Bertz CT molecular complexity index is 646. The monoisotopic (exact) mass is 370 g/mol. The summed E-state index contributed by atoms with van der Waals surface area (Å²) in [6.07, 6.45) is 5.57. The van der Waals surface area contributed by atoms with E-state index in [1.807, 2.05) is 4.90 Å². The highest BCUT2D eigenvalue weighted by Crippen LogP contribution is 2.31. The predicted molar refractivity (Wildman–Crippen MR) is 112 cm³/mol. The number of piperazine rings is 1. The third-order valence-corrected chi connectivity index (χ3v) is 6.15. The summed E-state index contributed by atoms with van der Waals surface area (Å²) < 4.78 is 0. The summed E-state index contributed by atoms with van der Waals surface area (Å²) in [6.45, 7) is 10.0. The maximum Gasteiger partial charge on any atom is 0.230 e. The van der Waals surface area contributed by atoms with Crippen LogP contribution in [-0.2, 0) is 11.3 Å². The lowest BCUT2D eigenvalue weighted by atomic mass is 9.82. The molecule has 0 unspecified atom stereocenters. The second-order valence-electron chi connectivity index (χ2n) is 8.25. The molecule has 2 aliphatic rings. The second-order valence-corrected chi connectivity index (χ2v) is 8.25. The standard InChI is InChI=1S/C22H34N4O/c1-17-3-5-19(6-4-17)22(27)26(12-9-23)21-8-7-20(18(2)15-21)16-25-13-10-24-11-14-25/h7-9,15,17,19,23-24H,3-6,10-14,16H2,1-2H3. The van der Waals surface area contributed by atoms with Crippen molar-refractivity contribution in [2.45, 2.75) is 46.1 Å². The quantitative estimate of drug-likeness (QED) is 0.756. The molecule has 1 amide bonds. The van der Waals surface area contributed by atoms with E-state index >= 15 is 0 Å². The van der Waals surface area contributed by atoms with Crippen LogP contribution in [0.25, 0.3) is 0 Å². The van der Waals surface area contributed by atoms with Crippen molar-refractivity contribution in [3.05, 3.63) is 29.3 Å². The Kier molecular flexibility index (Phi) is 7.02. The molecule has 2 N–H and O–H groups in total. The van der Waals surface area contributed by atoms with Gasteiger partial charge in [0.15, 0.2) is 0 Å². The molecule has 3 rings (SSSR count). The molecule has 0 atom stereocenters. The number of rotatable bonds is 6. The number of anilines is 1. The van der Waals surface area contributed by atoms with E-state index in [1.54, 1.807) is 0 Å². The Hall–Kier alpha value is -1.72. The van der Waals surface area contributed by atoms with Gasteiger partial charge in [-0.2, -0.15) is 0 Å². The average molecular weight is 371 g/mol. The fourth-order valence-corrected chi connectivity index (χ4v) is 4.28. The number of aryl methyl sites for hydroxylation is 1. The van der Waals surface area contributed by atoms with Gasteiger partial charge in [0.05, 0.1) is 6.54 Å². The van der Waals surface area contributed by atoms with Gasteiger partial charge in [0.25, 0.3) is 0 Å². The lowest BCUT2D eigenvalue weighted by Crippen LogP contribution is -2.43. The number of nitrogens with one attached hydrogen (secondary N) is 2. The van der Waals surface area contributed by atoms with Gasteiger partial charge < -0.3 is 15.6 Å². The fourth-order valence-electron chi connectivity index (χ4n) is 4.28. The number of carbonyl (C=O) groups excluding carboxylic acids is 1. The Morgan fingerprint density at radius 3 is 2.59 bits per heavy atom. The molecule has 1 aromatic rings. The minimum Gasteiger partial charge on any atom is -0.314 e. The zero-order valence-electron chi connectivity index (χ0n) is 16.8. The van der Waals surface area contributed by atoms with Crippen LogP contribution in [0.1, 0.15) is 43.7 Å². The van der Waals surface area contributed by atoms with E-state index in [2.05, 4.69) is 42.3 Å². The maximum absolute atomic E-state index is 13.1. The molecular weight excluding hydrogens is 336 g/mol. The van der Waals surface area contributed by atoms with Crippen molar-refractivity contribution in [2.24, 2.45) is 11.8 Å². The predicted octanol–water partition coefficient (Wildman–Crippen LogP) is 3.21. The van der Waals surface area contributed by atoms with Crippen LogP contribution in [-0.4, -0.2) is 49.7 Å². The van der Waals surface area contributed by atoms with Gasteiger partial charge in [0, 0.05) is 50.5 Å². The van der Waals surface area contributed by atoms with Crippen LogP contribution < -0.4 is 10.2 Å². The van der Waals surface area contributed by atoms with Crippen molar-refractivity contribution in [1.29, 1.82) is 5.41 Å². The van der Waals surface area contributed by atoms with Crippen LogP contribution >= 0.6 is 0 Å². The van der Waals surface area contributed by atoms with Crippen LogP contribution in [0.15, 0.2) is 18.2 Å². The third kappa shape index (κ3) is 5.17. The smallest absolute Gasteiger partial charge is 0.230 e. The number of amides is 1. The van der Waals surface area contributed by atoms with Crippen LogP contribution in [0.4, 0.5) is 5.69 Å². The molecule has 1 heterocycles. The Balaban J connectivity index is 1.71. The lowest BCUT2D eigenvalue weighted by Gasteiger charge is -2.31. The van der Waals surface area contributed by atoms with Crippen molar-refractivity contribution in [3.63, 3.8) is 0 Å². The number of hydrogen-bond acceptors (Lipinski definition) is 4. The highest BCUT2D eigenvalue weighted by Gasteiger charge is 2.28. The molecule has 148 valence electrons. The van der Waals surface area contributed by atoms with Gasteiger partial charge in [-0.3, -0.25) is 9.69 Å². The van der Waals surface area contributed by atoms with E-state index in [1.165, 1.54) is 17.3 Å². The van der Waals surface area contributed by atoms with E-state index in [9.17, 15) is 4.79 Å². The number of nitrogens with zero attached hydrogens (tertiary/aromatic N) is 2. The van der Waals surface area contributed by atoms with E-state index in [4.69, 9.17) is 5.41 Å². The molecular formula is C22H34N4O. The third-order valence-electron chi connectivity index (χ3n) is 6.15. The second kappa shape index (κ2) is 9.47. The Morgan fingerprint density at radius 2 is 1.96 bits per heavy atom. The van der Waals surface area contributed by atoms with Crippen molar-refractivity contribution in [1.82, 2.24) is 10.2 Å². The topological polar surface area (TPSA) is 59.4 Å². The van der Waals surface area contributed by atoms with Crippen molar-refractivity contribution in [3.8, 4) is 0 Å². The number of hydrogen-bond donors (Lipinski definition) is 2. The molecule has 1 saturated heterocycles. The van der Waals surface area contributed by atoms with E-state index < -0.39 is 0 Å². The highest BCUT2D eigenvalue weighted by atomic mass is 16.2. The molecule has 27 heavy (non-hydrogen) atoms. The van der Waals surface area contributed by atoms with Crippen molar-refractivity contribution in [2.75, 3.05) is 37.6 Å². The van der Waals surface area contributed by atoms with Gasteiger partial charge >= 0.3 is 0 Å². The molecule has 5 heteroatoms. The maximum atomic E-state index is 13.1. The SMILES string of the molecule is Cc1cc(N(CC=N)C(=O)C2CCC(C)CC2)ccc1CN1CCNCC1. The summed E-state index contributed by atoms with van der Waals surface area (Å²) in [5.41, 5.74) is 3.49. The first-order valence-corrected chi connectivity index (χ1v) is 10.4. The molecule has 1 aromatic carbocycles. The summed E-state index contributed by atoms with van der Waals surface area (Å²) >= 11 is 0. The molecule has 0 radical (unpaired) electrons. The van der Waals surface area contributed by atoms with Crippen molar-refractivity contribution < 1.29 is 4.79 Å². The molecule has 2 fully saturated rings. The molecule has 5 nitrogen and oxygen atoms in total. The summed E-state index contributed by atoms with van der Waals surface area (Å²) in [5, 5.41) is 10.9. The molecule has 1 aliphatic heterocycles. The van der Waals surface area contributed by atoms with Crippen LogP contribution in [0.2, 0.25) is 0 Å². The summed E-state index contributed by atoms with van der Waals surface area (Å²) in [4.78, 5) is 17.4. The van der Waals surface area contributed by atoms with Crippen LogP contribution in [0, 0.1) is 24.2 Å². The van der Waals surface area contributed by atoms with Gasteiger partial charge in [-0.15, -0.1) is 0 Å². The minimum atomic E-state index is 0.113. The van der Waals surface area contributed by atoms with Gasteiger partial charge in [-0.05, 0) is 61.8 Å². The first-order chi connectivity index (χ1) is 13.1. The minimum absolute atomic E-state index is 0.113. The normalized spacial score (nSPS) is 23.8. The molecule has 1 saturated carbocycles. The number of carbonyl (C=O) groups is 1. The average Bonchev–Trinajstić information content (AvgIpc) is 2.69. The van der Waals surface area contributed by atoms with Crippen LogP contribution in [0.5, 0.6) is 0 Å². The summed E-state index contributed by atoms with van der Waals surface area (Å²) in [7, 11) is 0. The van der Waals surface area contributed by atoms with Gasteiger partial charge in [0.2, 0.25) is 5.91 Å². The molecule has 0 bridgehead atoms. The highest BCUT2D eigenvalue weighted by molar-refractivity contribution is 5.97. The van der Waals surface area contributed by atoms with E-state index in [-0.39, 0.29) is 11.8 Å². The Morgan fingerprint density at radius 1 is 1.26 bits per heavy atom. The molecule has 0 aromatic heterocycles. The van der Waals surface area contributed by atoms with Crippen molar-refractivity contribution >= 4 is 17.8 Å². The van der Waals surface area contributed by atoms with Crippen LogP contribution in [0.3, 0.4) is 0 Å². The lowest BCUT2D eigenvalue weighted by molar-refractivity contribution is -0.123. The Labute approximate surface area is 163 Å². The first kappa shape index (κ1) is 20.0. The zero-order valence-corrected chi connectivity index (χ0v) is 16.8.